The first-order chi connectivity index (χ1) is 15.5. The summed E-state index contributed by atoms with van der Waals surface area (Å²) in [6.07, 6.45) is 6.47. The summed E-state index contributed by atoms with van der Waals surface area (Å²) in [6.45, 7) is 8.69. The van der Waals surface area contributed by atoms with Gasteiger partial charge in [0.15, 0.2) is 0 Å². The molecule has 2 aromatic carbocycles. The van der Waals surface area contributed by atoms with Crippen LogP contribution in [-0.2, 0) is 6.42 Å². The van der Waals surface area contributed by atoms with Gasteiger partial charge in [-0.1, -0.05) is 74.9 Å². The maximum atomic E-state index is 12.8. The van der Waals surface area contributed by atoms with Gasteiger partial charge in [0, 0.05) is 25.2 Å². The molecule has 2 aliphatic rings. The summed E-state index contributed by atoms with van der Waals surface area (Å²) in [5, 5.41) is 0. The Bertz CT molecular complexity index is 883. The standard InChI is InChI=1S/C29H37F2N/c1-3-8-24-18-27(25-10-5-4-6-11-25)21-29(20-24)13-15-32(16-14-29)22(2)26-12-7-9-23(17-26)19-28(30)31/h4-7,9-12,17,24,27-28H,2-3,8,13-16,18-21H2,1H3. The number of rotatable bonds is 7. The second kappa shape index (κ2) is 10.2. The summed E-state index contributed by atoms with van der Waals surface area (Å²) in [5.41, 5.74) is 4.58. The molecule has 2 fully saturated rings. The minimum absolute atomic E-state index is 0.191. The summed E-state index contributed by atoms with van der Waals surface area (Å²) in [5.74, 6) is 1.49. The highest BCUT2D eigenvalue weighted by Gasteiger charge is 2.42. The van der Waals surface area contributed by atoms with E-state index in [0.717, 1.165) is 30.3 Å². The lowest BCUT2D eigenvalue weighted by Gasteiger charge is -2.50. The fraction of sp³-hybridized carbons (Fsp3) is 0.517. The molecule has 1 heterocycles. The number of benzene rings is 2. The molecule has 1 saturated carbocycles. The van der Waals surface area contributed by atoms with Gasteiger partial charge in [-0.15, -0.1) is 0 Å². The Morgan fingerprint density at radius 1 is 1.06 bits per heavy atom. The van der Waals surface area contributed by atoms with Crippen LogP contribution < -0.4 is 0 Å². The van der Waals surface area contributed by atoms with Gasteiger partial charge in [0.25, 0.3) is 0 Å². The number of likely N-dealkylation sites (tertiary alicyclic amines) is 1. The zero-order valence-electron chi connectivity index (χ0n) is 19.4. The Morgan fingerprint density at radius 2 is 1.81 bits per heavy atom. The SMILES string of the molecule is C=C(c1cccc(CC(F)F)c1)N1CCC2(CC1)CC(CCC)CC(c1ccccc1)C2. The molecule has 0 N–H and O–H groups in total. The van der Waals surface area contributed by atoms with Gasteiger partial charge < -0.3 is 4.90 Å². The van der Waals surface area contributed by atoms with Crippen LogP contribution in [0.15, 0.2) is 61.2 Å². The molecule has 1 saturated heterocycles. The number of piperidine rings is 1. The van der Waals surface area contributed by atoms with Crippen LogP contribution in [0.2, 0.25) is 0 Å². The maximum absolute atomic E-state index is 12.8. The van der Waals surface area contributed by atoms with Crippen molar-refractivity contribution < 1.29 is 8.78 Å². The molecule has 0 amide bonds. The van der Waals surface area contributed by atoms with E-state index in [9.17, 15) is 8.78 Å². The predicted molar refractivity (Wildman–Crippen MR) is 130 cm³/mol. The largest absolute Gasteiger partial charge is 0.371 e. The Labute approximate surface area is 192 Å². The van der Waals surface area contributed by atoms with E-state index in [4.69, 9.17) is 0 Å². The molecular weight excluding hydrogens is 400 g/mol. The number of alkyl halides is 2. The van der Waals surface area contributed by atoms with Crippen LogP contribution in [0.1, 0.15) is 74.5 Å². The molecule has 0 radical (unpaired) electrons. The molecule has 0 bridgehead atoms. The van der Waals surface area contributed by atoms with Gasteiger partial charge in [-0.3, -0.25) is 0 Å². The third-order valence-electron chi connectivity index (χ3n) is 7.84. The molecule has 1 nitrogen and oxygen atoms in total. The first-order valence-electron chi connectivity index (χ1n) is 12.3. The van der Waals surface area contributed by atoms with E-state index in [1.165, 1.54) is 50.5 Å². The van der Waals surface area contributed by atoms with Gasteiger partial charge in [-0.05, 0) is 72.1 Å². The minimum atomic E-state index is -2.31. The topological polar surface area (TPSA) is 3.24 Å². The van der Waals surface area contributed by atoms with Crippen LogP contribution in [0, 0.1) is 11.3 Å². The summed E-state index contributed by atoms with van der Waals surface area (Å²) < 4.78 is 25.6. The predicted octanol–water partition coefficient (Wildman–Crippen LogP) is 7.93. The molecule has 2 aromatic rings. The van der Waals surface area contributed by atoms with Crippen molar-refractivity contribution in [2.24, 2.45) is 11.3 Å². The highest BCUT2D eigenvalue weighted by Crippen LogP contribution is 2.53. The van der Waals surface area contributed by atoms with Crippen LogP contribution in [0.5, 0.6) is 0 Å². The molecule has 1 aliphatic carbocycles. The van der Waals surface area contributed by atoms with E-state index in [1.54, 1.807) is 6.07 Å². The second-order valence-electron chi connectivity index (χ2n) is 10.1. The monoisotopic (exact) mass is 437 g/mol. The Morgan fingerprint density at radius 3 is 2.50 bits per heavy atom. The number of halogens is 2. The highest BCUT2D eigenvalue weighted by molar-refractivity contribution is 5.62. The van der Waals surface area contributed by atoms with Crippen LogP contribution in [-0.4, -0.2) is 24.4 Å². The first kappa shape index (κ1) is 23.0. The molecule has 172 valence electrons. The fourth-order valence-electron chi connectivity index (χ4n) is 6.29. The van der Waals surface area contributed by atoms with Crippen molar-refractivity contribution in [1.29, 1.82) is 0 Å². The van der Waals surface area contributed by atoms with E-state index >= 15 is 0 Å². The zero-order valence-corrected chi connectivity index (χ0v) is 19.4. The van der Waals surface area contributed by atoms with Crippen LogP contribution in [0.4, 0.5) is 8.78 Å². The first-order valence-corrected chi connectivity index (χ1v) is 12.3. The van der Waals surface area contributed by atoms with Crippen LogP contribution in [0.3, 0.4) is 0 Å². The van der Waals surface area contributed by atoms with E-state index in [0.29, 0.717) is 16.9 Å². The molecule has 1 aliphatic heterocycles. The highest BCUT2D eigenvalue weighted by atomic mass is 19.3. The normalized spacial score (nSPS) is 22.9. The third-order valence-corrected chi connectivity index (χ3v) is 7.84. The number of hydrogen-bond acceptors (Lipinski definition) is 1. The minimum Gasteiger partial charge on any atom is -0.371 e. The zero-order chi connectivity index (χ0) is 22.6. The number of hydrogen-bond donors (Lipinski definition) is 0. The lowest BCUT2D eigenvalue weighted by molar-refractivity contribution is 0.0510. The molecule has 0 aromatic heterocycles. The maximum Gasteiger partial charge on any atom is 0.242 e. The molecule has 1 spiro atoms. The van der Waals surface area contributed by atoms with Crippen molar-refractivity contribution >= 4 is 5.70 Å². The smallest absolute Gasteiger partial charge is 0.242 e. The van der Waals surface area contributed by atoms with Gasteiger partial charge in [0.1, 0.15) is 0 Å². The van der Waals surface area contributed by atoms with Gasteiger partial charge in [0.2, 0.25) is 6.43 Å². The van der Waals surface area contributed by atoms with E-state index in [-0.39, 0.29) is 6.42 Å². The molecule has 3 heteroatoms. The lowest BCUT2D eigenvalue weighted by atomic mass is 9.59. The third kappa shape index (κ3) is 5.42. The van der Waals surface area contributed by atoms with Crippen molar-refractivity contribution in [2.45, 2.75) is 70.6 Å². The summed E-state index contributed by atoms with van der Waals surface area (Å²) in [7, 11) is 0. The van der Waals surface area contributed by atoms with Gasteiger partial charge in [0.05, 0.1) is 0 Å². The van der Waals surface area contributed by atoms with Gasteiger partial charge in [-0.2, -0.15) is 0 Å². The van der Waals surface area contributed by atoms with Crippen molar-refractivity contribution in [2.75, 3.05) is 13.1 Å². The Balaban J connectivity index is 1.44. The van der Waals surface area contributed by atoms with Crippen LogP contribution >= 0.6 is 0 Å². The van der Waals surface area contributed by atoms with Crippen molar-refractivity contribution in [3.63, 3.8) is 0 Å². The second-order valence-corrected chi connectivity index (χ2v) is 10.1. The molecule has 2 atom stereocenters. The fourth-order valence-corrected chi connectivity index (χ4v) is 6.29. The Kier molecular flexibility index (Phi) is 7.33. The molecule has 4 rings (SSSR count). The van der Waals surface area contributed by atoms with Gasteiger partial charge >= 0.3 is 0 Å². The lowest BCUT2D eigenvalue weighted by Crippen LogP contribution is -2.43. The van der Waals surface area contributed by atoms with Crippen molar-refractivity contribution in [3.05, 3.63) is 77.9 Å². The van der Waals surface area contributed by atoms with Gasteiger partial charge in [-0.25, -0.2) is 8.78 Å². The molecule has 2 unspecified atom stereocenters. The van der Waals surface area contributed by atoms with Crippen molar-refractivity contribution in [3.8, 4) is 0 Å². The molecule has 32 heavy (non-hydrogen) atoms. The number of nitrogens with zero attached hydrogens (tertiary/aromatic N) is 1. The Hall–Kier alpha value is -2.16. The quantitative estimate of drug-likeness (QED) is 0.425. The van der Waals surface area contributed by atoms with E-state index < -0.39 is 6.43 Å². The van der Waals surface area contributed by atoms with Crippen molar-refractivity contribution in [1.82, 2.24) is 4.90 Å². The van der Waals surface area contributed by atoms with E-state index in [1.807, 2.05) is 18.2 Å². The molecular formula is C29H37F2N. The summed E-state index contributed by atoms with van der Waals surface area (Å²) >= 11 is 0. The average molecular weight is 438 g/mol. The van der Waals surface area contributed by atoms with E-state index in [2.05, 4.69) is 48.7 Å². The van der Waals surface area contributed by atoms with Crippen LogP contribution in [0.25, 0.3) is 5.70 Å². The average Bonchev–Trinajstić information content (AvgIpc) is 2.79. The summed E-state index contributed by atoms with van der Waals surface area (Å²) in [4.78, 5) is 2.38. The summed E-state index contributed by atoms with van der Waals surface area (Å²) in [6, 6.07) is 18.7.